The predicted octanol–water partition coefficient (Wildman–Crippen LogP) is 4.64. The Hall–Kier alpha value is -4.41. The van der Waals surface area contributed by atoms with E-state index in [0.717, 1.165) is 40.1 Å². The maximum Gasteiger partial charge on any atom is 0.255 e. The smallest absolute Gasteiger partial charge is 0.255 e. The van der Waals surface area contributed by atoms with Crippen molar-refractivity contribution in [2.75, 3.05) is 50.8 Å². The second-order valence-corrected chi connectivity index (χ2v) is 12.5. The molecule has 47 heavy (non-hydrogen) atoms. The fraction of sp³-hybridized carbons (Fsp3) is 0.389. The number of nitrogens with zero attached hydrogens (tertiary/aromatic N) is 3. The molecule has 3 heterocycles. The molecule has 0 saturated carbocycles. The average Bonchev–Trinajstić information content (AvgIpc) is 3.55. The summed E-state index contributed by atoms with van der Waals surface area (Å²) < 4.78 is 5.39. The van der Waals surface area contributed by atoms with E-state index < -0.39 is 0 Å². The van der Waals surface area contributed by atoms with Gasteiger partial charge in [-0.1, -0.05) is 24.2 Å². The number of aromatic amines is 1. The minimum absolute atomic E-state index is 0.0413. The number of aromatic nitrogens is 1. The van der Waals surface area contributed by atoms with E-state index in [4.69, 9.17) is 16.3 Å². The summed E-state index contributed by atoms with van der Waals surface area (Å²) in [4.78, 5) is 60.7. The summed E-state index contributed by atoms with van der Waals surface area (Å²) in [7, 11) is 0. The molecule has 0 spiro atoms. The number of rotatable bonds is 9. The average molecular weight is 660 g/mol. The Morgan fingerprint density at radius 3 is 2.45 bits per heavy atom. The first kappa shape index (κ1) is 33.9. The van der Waals surface area contributed by atoms with Crippen molar-refractivity contribution in [2.45, 2.75) is 46.7 Å². The largest absolute Gasteiger partial charge is 0.378 e. The molecule has 5 rings (SSSR count). The highest BCUT2D eigenvalue weighted by Crippen LogP contribution is 2.35. The normalized spacial score (nSPS) is 16.2. The van der Waals surface area contributed by atoms with Crippen LogP contribution in [0.4, 0.5) is 5.69 Å². The molecule has 0 bridgehead atoms. The zero-order valence-corrected chi connectivity index (χ0v) is 28.2. The number of carbonyl (C=O) groups excluding carboxylic acids is 3. The number of halogens is 1. The minimum Gasteiger partial charge on any atom is -0.378 e. The fourth-order valence-corrected chi connectivity index (χ4v) is 6.78. The van der Waals surface area contributed by atoms with Gasteiger partial charge in [0, 0.05) is 67.8 Å². The van der Waals surface area contributed by atoms with E-state index in [0.29, 0.717) is 67.7 Å². The van der Waals surface area contributed by atoms with Crippen LogP contribution in [0.2, 0.25) is 5.02 Å². The molecule has 1 atom stereocenters. The van der Waals surface area contributed by atoms with Gasteiger partial charge >= 0.3 is 0 Å². The van der Waals surface area contributed by atoms with Crippen molar-refractivity contribution in [1.82, 2.24) is 20.1 Å². The van der Waals surface area contributed by atoms with Crippen molar-refractivity contribution >= 4 is 35.0 Å². The highest BCUT2D eigenvalue weighted by molar-refractivity contribution is 6.34. The van der Waals surface area contributed by atoms with E-state index in [9.17, 15) is 19.2 Å². The summed E-state index contributed by atoms with van der Waals surface area (Å²) in [5, 5.41) is 3.29. The van der Waals surface area contributed by atoms with Gasteiger partial charge in [0.05, 0.1) is 23.8 Å². The van der Waals surface area contributed by atoms with Gasteiger partial charge < -0.3 is 29.7 Å². The first-order valence-electron chi connectivity index (χ1n) is 16.0. The molecule has 11 heteroatoms. The van der Waals surface area contributed by atoms with Crippen LogP contribution in [0.15, 0.2) is 53.8 Å². The lowest BCUT2D eigenvalue weighted by Gasteiger charge is -2.32. The first-order valence-corrected chi connectivity index (χ1v) is 16.4. The van der Waals surface area contributed by atoms with Crippen molar-refractivity contribution in [3.05, 3.63) is 97.9 Å². The molecule has 248 valence electrons. The van der Waals surface area contributed by atoms with Gasteiger partial charge in [-0.25, -0.2) is 0 Å². The predicted molar refractivity (Wildman–Crippen MR) is 184 cm³/mol. The SMILES string of the molecule is C=CC(=O)N1CCC(N(CC)c2cc(-c3ccc(C(=O)N4CCOCC4)c(Cl)c3)cc(C(=O)NCc3c(C)cc(C)[nH]c3=O)c2C)C1. The summed E-state index contributed by atoms with van der Waals surface area (Å²) in [6.45, 7) is 15.2. The van der Waals surface area contributed by atoms with Crippen LogP contribution in [0, 0.1) is 20.8 Å². The molecule has 3 amide bonds. The summed E-state index contributed by atoms with van der Waals surface area (Å²) in [6, 6.07) is 11.1. The van der Waals surface area contributed by atoms with E-state index in [1.165, 1.54) is 6.08 Å². The van der Waals surface area contributed by atoms with Crippen molar-refractivity contribution in [3.63, 3.8) is 0 Å². The molecule has 0 aliphatic carbocycles. The van der Waals surface area contributed by atoms with Gasteiger partial charge in [0.25, 0.3) is 17.4 Å². The van der Waals surface area contributed by atoms with Crippen LogP contribution >= 0.6 is 11.6 Å². The topological polar surface area (TPSA) is 115 Å². The third kappa shape index (κ3) is 7.29. The van der Waals surface area contributed by atoms with E-state index in [-0.39, 0.29) is 35.9 Å². The molecular formula is C36H42ClN5O5. The van der Waals surface area contributed by atoms with E-state index >= 15 is 0 Å². The second kappa shape index (κ2) is 14.6. The van der Waals surface area contributed by atoms with Crippen molar-refractivity contribution in [1.29, 1.82) is 0 Å². The number of nitrogens with one attached hydrogen (secondary N) is 2. The number of carbonyl (C=O) groups is 3. The van der Waals surface area contributed by atoms with Gasteiger partial charge in [-0.2, -0.15) is 0 Å². The highest BCUT2D eigenvalue weighted by Gasteiger charge is 2.31. The standard InChI is InChI=1S/C36H42ClN5O5/c1-6-33(43)41-11-10-27(21-41)42(7-2)32-19-26(25-8-9-28(31(37)18-25)36(46)40-12-14-47-15-13-40)17-29(24(32)5)34(44)38-20-30-22(3)16-23(4)39-35(30)45/h6,8-9,16-19,27H,1,7,10-15,20-21H2,2-5H3,(H,38,44)(H,39,45). The van der Waals surface area contributed by atoms with Crippen molar-refractivity contribution in [2.24, 2.45) is 0 Å². The zero-order valence-electron chi connectivity index (χ0n) is 27.5. The number of amides is 3. The summed E-state index contributed by atoms with van der Waals surface area (Å²) in [5.74, 6) is -0.564. The zero-order chi connectivity index (χ0) is 33.8. The fourth-order valence-electron chi connectivity index (χ4n) is 6.52. The molecule has 0 radical (unpaired) electrons. The number of ether oxygens (including phenoxy) is 1. The maximum absolute atomic E-state index is 13.9. The molecule has 2 saturated heterocycles. The van der Waals surface area contributed by atoms with Crippen LogP contribution in [0.5, 0.6) is 0 Å². The van der Waals surface area contributed by atoms with E-state index in [2.05, 4.69) is 28.7 Å². The maximum atomic E-state index is 13.9. The highest BCUT2D eigenvalue weighted by atomic mass is 35.5. The Morgan fingerprint density at radius 2 is 1.79 bits per heavy atom. The molecule has 3 aromatic rings. The minimum atomic E-state index is -0.318. The molecular weight excluding hydrogens is 618 g/mol. The second-order valence-electron chi connectivity index (χ2n) is 12.1. The van der Waals surface area contributed by atoms with Crippen molar-refractivity contribution in [3.8, 4) is 11.1 Å². The Labute approximate surface area is 280 Å². The number of morpholine rings is 1. The molecule has 1 aromatic heterocycles. The van der Waals surface area contributed by atoms with Crippen LogP contribution in [0.25, 0.3) is 11.1 Å². The number of likely N-dealkylation sites (tertiary alicyclic amines) is 1. The van der Waals surface area contributed by atoms with Gasteiger partial charge in [0.15, 0.2) is 0 Å². The van der Waals surface area contributed by atoms with Crippen LogP contribution in [0.1, 0.15) is 56.4 Å². The lowest BCUT2D eigenvalue weighted by molar-refractivity contribution is -0.125. The van der Waals surface area contributed by atoms with E-state index in [1.807, 2.05) is 45.0 Å². The molecule has 2 fully saturated rings. The van der Waals surface area contributed by atoms with Gasteiger partial charge in [-0.15, -0.1) is 0 Å². The Bertz CT molecular complexity index is 1760. The molecule has 10 nitrogen and oxygen atoms in total. The number of pyridine rings is 1. The number of hydrogen-bond acceptors (Lipinski definition) is 6. The Kier molecular flexibility index (Phi) is 10.5. The quantitative estimate of drug-likeness (QED) is 0.324. The van der Waals surface area contributed by atoms with Gasteiger partial charge in [-0.05, 0) is 92.8 Å². The monoisotopic (exact) mass is 659 g/mol. The summed E-state index contributed by atoms with van der Waals surface area (Å²) in [6.07, 6.45) is 2.11. The molecule has 2 aliphatic heterocycles. The van der Waals surface area contributed by atoms with Crippen LogP contribution in [0.3, 0.4) is 0 Å². The lowest BCUT2D eigenvalue weighted by atomic mass is 9.95. The van der Waals surface area contributed by atoms with Gasteiger partial charge in [0.2, 0.25) is 5.91 Å². The van der Waals surface area contributed by atoms with Gasteiger partial charge in [0.1, 0.15) is 0 Å². The van der Waals surface area contributed by atoms with Crippen LogP contribution < -0.4 is 15.8 Å². The first-order chi connectivity index (χ1) is 22.5. The van der Waals surface area contributed by atoms with E-state index in [1.54, 1.807) is 21.9 Å². The van der Waals surface area contributed by atoms with Crippen LogP contribution in [-0.2, 0) is 16.1 Å². The van der Waals surface area contributed by atoms with Gasteiger partial charge in [-0.3, -0.25) is 19.2 Å². The number of hydrogen-bond donors (Lipinski definition) is 2. The molecule has 2 N–H and O–H groups in total. The summed E-state index contributed by atoms with van der Waals surface area (Å²) in [5.41, 5.74) is 5.84. The molecule has 2 aromatic carbocycles. The molecule has 2 aliphatic rings. The Morgan fingerprint density at radius 1 is 1.04 bits per heavy atom. The number of aryl methyl sites for hydroxylation is 2. The summed E-state index contributed by atoms with van der Waals surface area (Å²) >= 11 is 6.73. The third-order valence-corrected chi connectivity index (χ3v) is 9.43. The molecule has 1 unspecified atom stereocenters. The van der Waals surface area contributed by atoms with Crippen molar-refractivity contribution < 1.29 is 19.1 Å². The Balaban J connectivity index is 1.52. The lowest BCUT2D eigenvalue weighted by Crippen LogP contribution is -2.40. The number of H-pyrrole nitrogens is 1. The number of anilines is 1. The third-order valence-electron chi connectivity index (χ3n) is 9.12. The van der Waals surface area contributed by atoms with Crippen LogP contribution in [-0.4, -0.2) is 84.5 Å². The number of benzene rings is 2. The number of likely N-dealkylation sites (N-methyl/N-ethyl adjacent to an activating group) is 1.